The van der Waals surface area contributed by atoms with Gasteiger partial charge < -0.3 is 14.8 Å². The molecule has 192 valence electrons. The highest BCUT2D eigenvalue weighted by atomic mass is 32.2. The summed E-state index contributed by atoms with van der Waals surface area (Å²) in [5, 5.41) is 2.58. The van der Waals surface area contributed by atoms with Crippen molar-refractivity contribution in [3.63, 3.8) is 0 Å². The maximum absolute atomic E-state index is 12.9. The Balaban J connectivity index is 2.28. The van der Waals surface area contributed by atoms with Gasteiger partial charge in [0.05, 0.1) is 4.90 Å². The molecular formula is C26H36N2O6S. The van der Waals surface area contributed by atoms with Gasteiger partial charge in [-0.3, -0.25) is 0 Å². The number of hydrogen-bond donors (Lipinski definition) is 2. The van der Waals surface area contributed by atoms with Crippen molar-refractivity contribution < 1.29 is 27.5 Å². The van der Waals surface area contributed by atoms with Crippen molar-refractivity contribution in [1.82, 2.24) is 10.0 Å². The molecule has 2 aromatic rings. The third kappa shape index (κ3) is 9.70. The number of aryl methyl sites for hydroxylation is 1. The molecule has 0 fully saturated rings. The lowest BCUT2D eigenvalue weighted by atomic mass is 10.0. The van der Waals surface area contributed by atoms with Crippen LogP contribution in [0.3, 0.4) is 0 Å². The molecule has 9 heteroatoms. The van der Waals surface area contributed by atoms with E-state index in [0.29, 0.717) is 5.56 Å². The minimum atomic E-state index is -3.81. The summed E-state index contributed by atoms with van der Waals surface area (Å²) in [5.41, 5.74) is 0.657. The molecular weight excluding hydrogens is 468 g/mol. The molecule has 0 aliphatic heterocycles. The Bertz CT molecular complexity index is 1130. The summed E-state index contributed by atoms with van der Waals surface area (Å²) in [6.07, 6.45) is -0.735. The molecule has 0 heterocycles. The van der Waals surface area contributed by atoms with E-state index in [2.05, 4.69) is 10.0 Å². The molecule has 35 heavy (non-hydrogen) atoms. The lowest BCUT2D eigenvalue weighted by Gasteiger charge is -2.26. The van der Waals surface area contributed by atoms with E-state index in [1.807, 2.05) is 37.3 Å². The molecule has 2 aromatic carbocycles. The number of ether oxygens (including phenoxy) is 2. The van der Waals surface area contributed by atoms with Crippen LogP contribution in [0, 0.1) is 6.92 Å². The van der Waals surface area contributed by atoms with E-state index >= 15 is 0 Å². The first-order valence-electron chi connectivity index (χ1n) is 11.4. The summed E-state index contributed by atoms with van der Waals surface area (Å²) in [4.78, 5) is 25.4. The predicted octanol–water partition coefficient (Wildman–Crippen LogP) is 4.25. The Hall–Kier alpha value is -2.91. The van der Waals surface area contributed by atoms with Crippen molar-refractivity contribution in [1.29, 1.82) is 0 Å². The van der Waals surface area contributed by atoms with Gasteiger partial charge in [0.15, 0.2) is 0 Å². The van der Waals surface area contributed by atoms with Crippen LogP contribution in [-0.2, 0) is 37.3 Å². The number of esters is 1. The van der Waals surface area contributed by atoms with Crippen LogP contribution in [0.5, 0.6) is 0 Å². The number of benzene rings is 2. The van der Waals surface area contributed by atoms with Gasteiger partial charge in [-0.05, 0) is 77.3 Å². The molecule has 8 nitrogen and oxygen atoms in total. The average molecular weight is 505 g/mol. The fraction of sp³-hybridized carbons (Fsp3) is 0.462. The van der Waals surface area contributed by atoms with Gasteiger partial charge in [-0.25, -0.2) is 22.7 Å². The molecule has 0 aromatic heterocycles. The Morgan fingerprint density at radius 2 is 1.51 bits per heavy atom. The molecule has 0 spiro atoms. The van der Waals surface area contributed by atoms with Gasteiger partial charge in [0, 0.05) is 13.0 Å². The highest BCUT2D eigenvalue weighted by Gasteiger charge is 2.30. The quantitative estimate of drug-likeness (QED) is 0.520. The molecule has 1 atom stereocenters. The van der Waals surface area contributed by atoms with Crippen LogP contribution in [0.15, 0.2) is 53.4 Å². The molecule has 0 saturated carbocycles. The van der Waals surface area contributed by atoms with E-state index in [0.717, 1.165) is 11.1 Å². The summed E-state index contributed by atoms with van der Waals surface area (Å²) < 4.78 is 39.2. The van der Waals surface area contributed by atoms with Gasteiger partial charge in [-0.15, -0.1) is 0 Å². The fourth-order valence-corrected chi connectivity index (χ4v) is 4.20. The third-order valence-corrected chi connectivity index (χ3v) is 6.15. The van der Waals surface area contributed by atoms with Crippen LogP contribution in [0.25, 0.3) is 0 Å². The van der Waals surface area contributed by atoms with Crippen molar-refractivity contribution in [2.75, 3.05) is 0 Å². The number of hydrogen-bond acceptors (Lipinski definition) is 6. The summed E-state index contributed by atoms with van der Waals surface area (Å²) in [6, 6.07) is 12.8. The molecule has 0 unspecified atom stereocenters. The molecule has 1 amide bonds. The SMILES string of the molecule is Cc1ccc(S(=O)(=O)NCc2ccccc2)cc1C[C@H](NC(=O)OC(C)(C)C)C(=O)OC(C)(C)C. The summed E-state index contributed by atoms with van der Waals surface area (Å²) in [5.74, 6) is -0.641. The van der Waals surface area contributed by atoms with E-state index in [1.165, 1.54) is 12.1 Å². The van der Waals surface area contributed by atoms with Gasteiger partial charge in [0.25, 0.3) is 0 Å². The zero-order valence-corrected chi connectivity index (χ0v) is 22.3. The first kappa shape index (κ1) is 28.3. The summed E-state index contributed by atoms with van der Waals surface area (Å²) in [7, 11) is -3.81. The van der Waals surface area contributed by atoms with Gasteiger partial charge in [-0.1, -0.05) is 36.4 Å². The molecule has 0 aliphatic rings. The number of nitrogens with one attached hydrogen (secondary N) is 2. The first-order valence-corrected chi connectivity index (χ1v) is 12.9. The number of carbonyl (C=O) groups excluding carboxylic acids is 2. The molecule has 0 aliphatic carbocycles. The monoisotopic (exact) mass is 504 g/mol. The van der Waals surface area contributed by atoms with E-state index in [1.54, 1.807) is 47.6 Å². The Labute approximate surface area is 208 Å². The fourth-order valence-electron chi connectivity index (χ4n) is 3.13. The molecule has 0 radical (unpaired) electrons. The maximum Gasteiger partial charge on any atom is 0.408 e. The number of carbonyl (C=O) groups is 2. The van der Waals surface area contributed by atoms with Gasteiger partial charge in [0.1, 0.15) is 17.2 Å². The predicted molar refractivity (Wildman–Crippen MR) is 134 cm³/mol. The smallest absolute Gasteiger partial charge is 0.408 e. The van der Waals surface area contributed by atoms with Gasteiger partial charge in [-0.2, -0.15) is 0 Å². The Morgan fingerprint density at radius 3 is 2.09 bits per heavy atom. The van der Waals surface area contributed by atoms with Crippen molar-refractivity contribution in [2.24, 2.45) is 0 Å². The van der Waals surface area contributed by atoms with E-state index in [4.69, 9.17) is 9.47 Å². The van der Waals surface area contributed by atoms with E-state index in [-0.39, 0.29) is 17.9 Å². The van der Waals surface area contributed by atoms with Crippen LogP contribution in [-0.4, -0.2) is 37.7 Å². The molecule has 0 bridgehead atoms. The van der Waals surface area contributed by atoms with Crippen molar-refractivity contribution >= 4 is 22.1 Å². The van der Waals surface area contributed by atoms with Crippen LogP contribution in [0.2, 0.25) is 0 Å². The standard InChI is InChI=1S/C26H36N2O6S/c1-18-13-14-21(35(31,32)27-17-19-11-9-8-10-12-19)15-20(18)16-22(23(29)33-25(2,3)4)28-24(30)34-26(5,6)7/h8-15,22,27H,16-17H2,1-7H3,(H,28,30)/t22-/m0/s1. The largest absolute Gasteiger partial charge is 0.458 e. The number of alkyl carbamates (subject to hydrolysis) is 1. The number of amides is 1. The van der Waals surface area contributed by atoms with Crippen LogP contribution < -0.4 is 10.0 Å². The highest BCUT2D eigenvalue weighted by Crippen LogP contribution is 2.20. The van der Waals surface area contributed by atoms with Gasteiger partial charge >= 0.3 is 12.1 Å². The van der Waals surface area contributed by atoms with E-state index < -0.39 is 39.3 Å². The van der Waals surface area contributed by atoms with Crippen LogP contribution in [0.1, 0.15) is 58.2 Å². The minimum absolute atomic E-state index is 0.0298. The van der Waals surface area contributed by atoms with Gasteiger partial charge in [0.2, 0.25) is 10.0 Å². The number of sulfonamides is 1. The Morgan fingerprint density at radius 1 is 0.914 bits per heavy atom. The second-order valence-corrected chi connectivity index (χ2v) is 12.1. The minimum Gasteiger partial charge on any atom is -0.458 e. The molecule has 2 N–H and O–H groups in total. The lowest BCUT2D eigenvalue weighted by Crippen LogP contribution is -2.47. The summed E-state index contributed by atoms with van der Waals surface area (Å²) in [6.45, 7) is 12.3. The lowest BCUT2D eigenvalue weighted by molar-refractivity contribution is -0.157. The maximum atomic E-state index is 12.9. The molecule has 2 rings (SSSR count). The zero-order valence-electron chi connectivity index (χ0n) is 21.5. The van der Waals surface area contributed by atoms with Crippen LogP contribution >= 0.6 is 0 Å². The zero-order chi connectivity index (χ0) is 26.4. The first-order chi connectivity index (χ1) is 16.1. The second kappa shape index (κ2) is 11.2. The second-order valence-electron chi connectivity index (χ2n) is 10.3. The topological polar surface area (TPSA) is 111 Å². The molecule has 0 saturated heterocycles. The highest BCUT2D eigenvalue weighted by molar-refractivity contribution is 7.89. The number of rotatable bonds is 8. The third-order valence-electron chi connectivity index (χ3n) is 4.75. The van der Waals surface area contributed by atoms with Crippen molar-refractivity contribution in [2.45, 2.75) is 83.6 Å². The van der Waals surface area contributed by atoms with E-state index in [9.17, 15) is 18.0 Å². The van der Waals surface area contributed by atoms with Crippen LogP contribution in [0.4, 0.5) is 4.79 Å². The Kier molecular flexibility index (Phi) is 9.08. The average Bonchev–Trinajstić information content (AvgIpc) is 2.71. The van der Waals surface area contributed by atoms with Crippen molar-refractivity contribution in [3.05, 3.63) is 65.2 Å². The van der Waals surface area contributed by atoms with Crippen molar-refractivity contribution in [3.8, 4) is 0 Å². The normalized spacial score (nSPS) is 13.1. The summed E-state index contributed by atoms with van der Waals surface area (Å²) >= 11 is 0.